The molecule has 0 aliphatic rings. The van der Waals surface area contributed by atoms with Crippen molar-refractivity contribution in [1.82, 2.24) is 5.32 Å². The number of benzene rings is 2. The fourth-order valence-electron chi connectivity index (χ4n) is 2.24. The van der Waals surface area contributed by atoms with Crippen LogP contribution in [0.4, 0.5) is 13.2 Å². The summed E-state index contributed by atoms with van der Waals surface area (Å²) in [6.45, 7) is 2.47. The third-order valence-electron chi connectivity index (χ3n) is 3.22. The van der Waals surface area contributed by atoms with Gasteiger partial charge in [0, 0.05) is 16.1 Å². The first-order chi connectivity index (χ1) is 10.0. The van der Waals surface area contributed by atoms with Gasteiger partial charge in [0.05, 0.1) is 0 Å². The Balaban J connectivity index is 2.35. The van der Waals surface area contributed by atoms with Crippen LogP contribution in [0.25, 0.3) is 0 Å². The monoisotopic (exact) mass is 357 g/mol. The van der Waals surface area contributed by atoms with Crippen LogP contribution in [0.5, 0.6) is 0 Å². The van der Waals surface area contributed by atoms with E-state index >= 15 is 0 Å². The number of hydrogen-bond acceptors (Lipinski definition) is 1. The average Bonchev–Trinajstić information content (AvgIpc) is 2.45. The zero-order valence-electron chi connectivity index (χ0n) is 11.5. The summed E-state index contributed by atoms with van der Waals surface area (Å²) in [5.74, 6) is -1.33. The molecule has 0 spiro atoms. The molecule has 0 saturated heterocycles. The lowest BCUT2D eigenvalue weighted by Gasteiger charge is -2.20. The molecule has 0 saturated carbocycles. The standard InChI is InChI=1S/C16H15BrF3N/c1-2-21-16(13-9-12(19)4-6-15(13)20)8-10-7-11(18)3-5-14(10)17/h3-7,9,16,21H,2,8H2,1H3. The molecule has 1 N–H and O–H groups in total. The van der Waals surface area contributed by atoms with Gasteiger partial charge in [-0.3, -0.25) is 0 Å². The number of nitrogens with one attached hydrogen (secondary N) is 1. The van der Waals surface area contributed by atoms with E-state index < -0.39 is 17.7 Å². The lowest BCUT2D eigenvalue weighted by atomic mass is 9.98. The Kier molecular flexibility index (Phi) is 5.42. The van der Waals surface area contributed by atoms with Gasteiger partial charge in [-0.15, -0.1) is 0 Å². The van der Waals surface area contributed by atoms with E-state index in [1.807, 2.05) is 6.92 Å². The molecule has 0 fully saturated rings. The van der Waals surface area contributed by atoms with Crippen molar-refractivity contribution in [2.75, 3.05) is 6.54 Å². The Morgan fingerprint density at radius 3 is 2.43 bits per heavy atom. The number of likely N-dealkylation sites (N-methyl/N-ethyl adjacent to an activating group) is 1. The molecular weight excluding hydrogens is 343 g/mol. The van der Waals surface area contributed by atoms with Gasteiger partial charge < -0.3 is 5.32 Å². The molecule has 1 atom stereocenters. The van der Waals surface area contributed by atoms with Gasteiger partial charge in [-0.2, -0.15) is 0 Å². The molecule has 0 amide bonds. The van der Waals surface area contributed by atoms with Crippen LogP contribution in [-0.4, -0.2) is 6.54 Å². The largest absolute Gasteiger partial charge is 0.310 e. The van der Waals surface area contributed by atoms with Gasteiger partial charge in [-0.1, -0.05) is 22.9 Å². The second kappa shape index (κ2) is 7.09. The summed E-state index contributed by atoms with van der Waals surface area (Å²) < 4.78 is 41.4. The lowest BCUT2D eigenvalue weighted by molar-refractivity contribution is 0.500. The Labute approximate surface area is 130 Å². The molecule has 0 bridgehead atoms. The molecule has 1 unspecified atom stereocenters. The molecule has 5 heteroatoms. The van der Waals surface area contributed by atoms with E-state index in [9.17, 15) is 13.2 Å². The average molecular weight is 358 g/mol. The van der Waals surface area contributed by atoms with E-state index in [0.29, 0.717) is 18.5 Å². The predicted molar refractivity (Wildman–Crippen MR) is 80.6 cm³/mol. The van der Waals surface area contributed by atoms with Gasteiger partial charge in [-0.25, -0.2) is 13.2 Å². The van der Waals surface area contributed by atoms with Crippen LogP contribution in [0, 0.1) is 17.5 Å². The third-order valence-corrected chi connectivity index (χ3v) is 3.99. The van der Waals surface area contributed by atoms with Crippen molar-refractivity contribution in [3.05, 3.63) is 69.4 Å². The van der Waals surface area contributed by atoms with Crippen LogP contribution in [0.15, 0.2) is 40.9 Å². The van der Waals surface area contributed by atoms with Crippen molar-refractivity contribution >= 4 is 15.9 Å². The fraction of sp³-hybridized carbons (Fsp3) is 0.250. The highest BCUT2D eigenvalue weighted by molar-refractivity contribution is 9.10. The van der Waals surface area contributed by atoms with Gasteiger partial charge in [0.25, 0.3) is 0 Å². The first kappa shape index (κ1) is 16.0. The lowest BCUT2D eigenvalue weighted by Crippen LogP contribution is -2.24. The summed E-state index contributed by atoms with van der Waals surface area (Å²) in [5, 5.41) is 3.11. The predicted octanol–water partition coefficient (Wildman–Crippen LogP) is 4.76. The van der Waals surface area contributed by atoms with Crippen LogP contribution in [-0.2, 0) is 6.42 Å². The minimum atomic E-state index is -0.493. The molecule has 112 valence electrons. The Hall–Kier alpha value is -1.33. The van der Waals surface area contributed by atoms with E-state index in [0.717, 1.165) is 16.6 Å². The van der Waals surface area contributed by atoms with Crippen molar-refractivity contribution in [1.29, 1.82) is 0 Å². The SMILES string of the molecule is CCNC(Cc1cc(F)ccc1Br)c1cc(F)ccc1F. The number of hydrogen-bond donors (Lipinski definition) is 1. The van der Waals surface area contributed by atoms with Crippen molar-refractivity contribution in [2.45, 2.75) is 19.4 Å². The maximum atomic E-state index is 13.9. The van der Waals surface area contributed by atoms with Crippen LogP contribution >= 0.6 is 15.9 Å². The molecular formula is C16H15BrF3N. The Morgan fingerprint density at radius 1 is 1.05 bits per heavy atom. The topological polar surface area (TPSA) is 12.0 Å². The summed E-state index contributed by atoms with van der Waals surface area (Å²) in [6, 6.07) is 7.29. The van der Waals surface area contributed by atoms with Crippen molar-refractivity contribution in [2.24, 2.45) is 0 Å². The quantitative estimate of drug-likeness (QED) is 0.813. The van der Waals surface area contributed by atoms with Crippen molar-refractivity contribution < 1.29 is 13.2 Å². The van der Waals surface area contributed by atoms with E-state index in [4.69, 9.17) is 0 Å². The molecule has 2 aromatic rings. The maximum absolute atomic E-state index is 13.9. The van der Waals surface area contributed by atoms with Gasteiger partial charge >= 0.3 is 0 Å². The molecule has 0 aliphatic heterocycles. The van der Waals surface area contributed by atoms with Gasteiger partial charge in [-0.05, 0) is 54.9 Å². The minimum absolute atomic E-state index is 0.244. The summed E-state index contributed by atoms with van der Waals surface area (Å²) in [5.41, 5.74) is 0.942. The van der Waals surface area contributed by atoms with Crippen LogP contribution in [0.3, 0.4) is 0 Å². The maximum Gasteiger partial charge on any atom is 0.128 e. The van der Waals surface area contributed by atoms with Gasteiger partial charge in [0.1, 0.15) is 17.5 Å². The van der Waals surface area contributed by atoms with Crippen LogP contribution in [0.2, 0.25) is 0 Å². The summed E-state index contributed by atoms with van der Waals surface area (Å²) >= 11 is 3.35. The molecule has 2 aromatic carbocycles. The molecule has 0 heterocycles. The highest BCUT2D eigenvalue weighted by Crippen LogP contribution is 2.26. The van der Waals surface area contributed by atoms with E-state index in [2.05, 4.69) is 21.2 Å². The van der Waals surface area contributed by atoms with Crippen LogP contribution < -0.4 is 5.32 Å². The molecule has 21 heavy (non-hydrogen) atoms. The number of rotatable bonds is 5. The second-order valence-corrected chi connectivity index (χ2v) is 5.57. The smallest absolute Gasteiger partial charge is 0.128 e. The van der Waals surface area contributed by atoms with E-state index in [1.54, 1.807) is 6.07 Å². The second-order valence-electron chi connectivity index (χ2n) is 4.72. The Bertz CT molecular complexity index is 631. The highest BCUT2D eigenvalue weighted by atomic mass is 79.9. The van der Waals surface area contributed by atoms with Gasteiger partial charge in [0.15, 0.2) is 0 Å². The van der Waals surface area contributed by atoms with Crippen molar-refractivity contribution in [3.63, 3.8) is 0 Å². The van der Waals surface area contributed by atoms with Gasteiger partial charge in [0.2, 0.25) is 0 Å². The zero-order chi connectivity index (χ0) is 15.4. The first-order valence-electron chi connectivity index (χ1n) is 6.63. The summed E-state index contributed by atoms with van der Waals surface area (Å²) in [6.07, 6.45) is 0.354. The van der Waals surface area contributed by atoms with E-state index in [1.165, 1.54) is 18.2 Å². The molecule has 1 nitrogen and oxygen atoms in total. The Morgan fingerprint density at radius 2 is 1.71 bits per heavy atom. The first-order valence-corrected chi connectivity index (χ1v) is 7.42. The summed E-state index contributed by atoms with van der Waals surface area (Å²) in [7, 11) is 0. The van der Waals surface area contributed by atoms with Crippen LogP contribution in [0.1, 0.15) is 24.1 Å². The molecule has 0 aliphatic carbocycles. The number of halogens is 4. The fourth-order valence-corrected chi connectivity index (χ4v) is 2.65. The normalized spacial score (nSPS) is 12.4. The van der Waals surface area contributed by atoms with Crippen molar-refractivity contribution in [3.8, 4) is 0 Å². The molecule has 0 aromatic heterocycles. The third kappa shape index (κ3) is 4.08. The van der Waals surface area contributed by atoms with E-state index in [-0.39, 0.29) is 11.4 Å². The molecule has 2 rings (SSSR count). The highest BCUT2D eigenvalue weighted by Gasteiger charge is 2.18. The minimum Gasteiger partial charge on any atom is -0.310 e. The summed E-state index contributed by atoms with van der Waals surface area (Å²) in [4.78, 5) is 0. The zero-order valence-corrected chi connectivity index (χ0v) is 13.1. The molecule has 0 radical (unpaired) electrons.